The standard InChI is InChI=1S/C18H28FN5O2.HI/c1-12-6-7-13(10-14(12)19)16(26)21-8-9-22-17(20-5)23-11-15(25)24-18(2,3)4;/h6-7,10H,8-9,11H2,1-5H3,(H,21,26)(H,24,25)(H2,20,22,23);1H. The molecule has 152 valence electrons. The fraction of sp³-hybridized carbons (Fsp3) is 0.500. The predicted molar refractivity (Wildman–Crippen MR) is 116 cm³/mol. The lowest BCUT2D eigenvalue weighted by atomic mass is 10.1. The molecule has 0 radical (unpaired) electrons. The summed E-state index contributed by atoms with van der Waals surface area (Å²) in [6, 6.07) is 4.36. The smallest absolute Gasteiger partial charge is 0.251 e. The summed E-state index contributed by atoms with van der Waals surface area (Å²) in [5.41, 5.74) is 0.471. The molecule has 1 aromatic carbocycles. The second-order valence-electron chi connectivity index (χ2n) is 6.87. The third-order valence-corrected chi connectivity index (χ3v) is 3.29. The summed E-state index contributed by atoms with van der Waals surface area (Å²) in [5, 5.41) is 11.4. The summed E-state index contributed by atoms with van der Waals surface area (Å²) in [6.07, 6.45) is 0. The average molecular weight is 493 g/mol. The molecule has 0 aliphatic heterocycles. The number of nitrogens with one attached hydrogen (secondary N) is 4. The van der Waals surface area contributed by atoms with E-state index in [1.165, 1.54) is 6.07 Å². The maximum atomic E-state index is 13.5. The maximum absolute atomic E-state index is 13.5. The largest absolute Gasteiger partial charge is 0.355 e. The van der Waals surface area contributed by atoms with E-state index in [1.54, 1.807) is 26.1 Å². The molecule has 0 atom stereocenters. The number of carbonyl (C=O) groups is 2. The van der Waals surface area contributed by atoms with E-state index in [0.717, 1.165) is 0 Å². The van der Waals surface area contributed by atoms with E-state index in [0.29, 0.717) is 24.6 Å². The number of aryl methyl sites for hydroxylation is 1. The Morgan fingerprint density at radius 2 is 1.74 bits per heavy atom. The zero-order chi connectivity index (χ0) is 19.7. The molecule has 1 aromatic rings. The number of aliphatic imine (C=N–C) groups is 1. The molecule has 7 nitrogen and oxygen atoms in total. The van der Waals surface area contributed by atoms with Crippen molar-refractivity contribution in [2.75, 3.05) is 26.7 Å². The van der Waals surface area contributed by atoms with Crippen LogP contribution in [0.1, 0.15) is 36.7 Å². The van der Waals surface area contributed by atoms with E-state index < -0.39 is 5.82 Å². The highest BCUT2D eigenvalue weighted by Crippen LogP contribution is 2.08. The Balaban J connectivity index is 0.00000676. The second kappa shape index (κ2) is 11.7. The predicted octanol–water partition coefficient (Wildman–Crippen LogP) is 1.56. The maximum Gasteiger partial charge on any atom is 0.251 e. The van der Waals surface area contributed by atoms with Crippen LogP contribution in [0.3, 0.4) is 0 Å². The molecule has 4 N–H and O–H groups in total. The summed E-state index contributed by atoms with van der Waals surface area (Å²) in [4.78, 5) is 27.7. The minimum absolute atomic E-state index is 0. The van der Waals surface area contributed by atoms with Crippen LogP contribution in [0.4, 0.5) is 4.39 Å². The van der Waals surface area contributed by atoms with Gasteiger partial charge in [0.25, 0.3) is 5.91 Å². The van der Waals surface area contributed by atoms with Crippen molar-refractivity contribution in [2.45, 2.75) is 33.2 Å². The van der Waals surface area contributed by atoms with E-state index in [2.05, 4.69) is 26.3 Å². The van der Waals surface area contributed by atoms with Gasteiger partial charge in [-0.1, -0.05) is 6.07 Å². The van der Waals surface area contributed by atoms with Crippen molar-refractivity contribution in [2.24, 2.45) is 4.99 Å². The molecule has 27 heavy (non-hydrogen) atoms. The summed E-state index contributed by atoms with van der Waals surface area (Å²) in [7, 11) is 1.59. The summed E-state index contributed by atoms with van der Waals surface area (Å²) >= 11 is 0. The SMILES string of the molecule is CN=C(NCCNC(=O)c1ccc(C)c(F)c1)NCC(=O)NC(C)(C)C.I. The van der Waals surface area contributed by atoms with Gasteiger partial charge in [0.2, 0.25) is 5.91 Å². The molecule has 0 unspecified atom stereocenters. The van der Waals surface area contributed by atoms with Crippen molar-refractivity contribution in [1.82, 2.24) is 21.3 Å². The first-order valence-corrected chi connectivity index (χ1v) is 8.42. The summed E-state index contributed by atoms with van der Waals surface area (Å²) in [6.45, 7) is 8.17. The Kier molecular flexibility index (Phi) is 10.9. The van der Waals surface area contributed by atoms with Gasteiger partial charge in [-0.05, 0) is 45.4 Å². The lowest BCUT2D eigenvalue weighted by molar-refractivity contribution is -0.121. The van der Waals surface area contributed by atoms with Crippen molar-refractivity contribution >= 4 is 41.8 Å². The van der Waals surface area contributed by atoms with Crippen LogP contribution in [0.5, 0.6) is 0 Å². The van der Waals surface area contributed by atoms with Crippen molar-refractivity contribution in [3.8, 4) is 0 Å². The van der Waals surface area contributed by atoms with E-state index >= 15 is 0 Å². The fourth-order valence-corrected chi connectivity index (χ4v) is 2.04. The lowest BCUT2D eigenvalue weighted by Gasteiger charge is -2.21. The number of benzene rings is 1. The number of amides is 2. The number of rotatable bonds is 6. The first kappa shape index (κ1) is 25.1. The Morgan fingerprint density at radius 1 is 1.11 bits per heavy atom. The van der Waals surface area contributed by atoms with E-state index in [1.807, 2.05) is 20.8 Å². The normalized spacial score (nSPS) is 11.3. The highest BCUT2D eigenvalue weighted by atomic mass is 127. The van der Waals surface area contributed by atoms with Crippen molar-refractivity contribution in [3.05, 3.63) is 35.1 Å². The number of guanidine groups is 1. The molecule has 0 aliphatic rings. The van der Waals surface area contributed by atoms with Gasteiger partial charge in [-0.25, -0.2) is 4.39 Å². The molecule has 0 heterocycles. The van der Waals surface area contributed by atoms with Gasteiger partial charge >= 0.3 is 0 Å². The third kappa shape index (κ3) is 10.1. The first-order valence-electron chi connectivity index (χ1n) is 8.42. The highest BCUT2D eigenvalue weighted by Gasteiger charge is 2.13. The lowest BCUT2D eigenvalue weighted by Crippen LogP contribution is -2.48. The minimum atomic E-state index is -0.408. The van der Waals surface area contributed by atoms with Crippen LogP contribution < -0.4 is 21.3 Å². The molecule has 0 aliphatic carbocycles. The fourth-order valence-electron chi connectivity index (χ4n) is 2.04. The van der Waals surface area contributed by atoms with E-state index in [-0.39, 0.29) is 53.4 Å². The molecule has 1 rings (SSSR count). The summed E-state index contributed by atoms with van der Waals surface area (Å²) in [5.74, 6) is -0.452. The van der Waals surface area contributed by atoms with Gasteiger partial charge < -0.3 is 21.3 Å². The molecule has 0 spiro atoms. The molecule has 0 bridgehead atoms. The van der Waals surface area contributed by atoms with Crippen molar-refractivity contribution < 1.29 is 14.0 Å². The Labute approximate surface area is 177 Å². The Hall–Kier alpha value is -1.91. The van der Waals surface area contributed by atoms with Gasteiger partial charge in [0.05, 0.1) is 6.54 Å². The number of hydrogen-bond acceptors (Lipinski definition) is 3. The van der Waals surface area contributed by atoms with Crippen LogP contribution in [-0.2, 0) is 4.79 Å². The van der Waals surface area contributed by atoms with Crippen LogP contribution >= 0.6 is 24.0 Å². The zero-order valence-corrected chi connectivity index (χ0v) is 18.7. The van der Waals surface area contributed by atoms with Gasteiger partial charge in [0, 0.05) is 31.2 Å². The van der Waals surface area contributed by atoms with Crippen LogP contribution in [-0.4, -0.2) is 50.0 Å². The van der Waals surface area contributed by atoms with E-state index in [9.17, 15) is 14.0 Å². The van der Waals surface area contributed by atoms with Gasteiger partial charge in [-0.15, -0.1) is 24.0 Å². The molecule has 0 saturated heterocycles. The molecule has 9 heteroatoms. The highest BCUT2D eigenvalue weighted by molar-refractivity contribution is 14.0. The molecular formula is C18H29FIN5O2. The molecule has 0 saturated carbocycles. The number of carbonyl (C=O) groups excluding carboxylic acids is 2. The van der Waals surface area contributed by atoms with Crippen LogP contribution in [0.25, 0.3) is 0 Å². The topological polar surface area (TPSA) is 94.6 Å². The van der Waals surface area contributed by atoms with Gasteiger partial charge in [-0.3, -0.25) is 14.6 Å². The zero-order valence-electron chi connectivity index (χ0n) is 16.4. The molecular weight excluding hydrogens is 464 g/mol. The third-order valence-electron chi connectivity index (χ3n) is 3.29. The second-order valence-corrected chi connectivity index (χ2v) is 6.87. The molecule has 2 amide bonds. The number of hydrogen-bond donors (Lipinski definition) is 4. The Bertz CT molecular complexity index is 674. The monoisotopic (exact) mass is 493 g/mol. The van der Waals surface area contributed by atoms with Crippen molar-refractivity contribution in [1.29, 1.82) is 0 Å². The minimum Gasteiger partial charge on any atom is -0.355 e. The number of halogens is 2. The molecule has 0 aromatic heterocycles. The molecule has 0 fully saturated rings. The van der Waals surface area contributed by atoms with Crippen LogP contribution in [0, 0.1) is 12.7 Å². The Morgan fingerprint density at radius 3 is 2.30 bits per heavy atom. The summed E-state index contributed by atoms with van der Waals surface area (Å²) < 4.78 is 13.5. The van der Waals surface area contributed by atoms with E-state index in [4.69, 9.17) is 0 Å². The van der Waals surface area contributed by atoms with Crippen LogP contribution in [0.2, 0.25) is 0 Å². The number of nitrogens with zero attached hydrogens (tertiary/aromatic N) is 1. The quantitative estimate of drug-likeness (QED) is 0.210. The average Bonchev–Trinajstić information content (AvgIpc) is 2.54. The first-order chi connectivity index (χ1) is 12.1. The van der Waals surface area contributed by atoms with Gasteiger partial charge in [0.15, 0.2) is 5.96 Å². The van der Waals surface area contributed by atoms with Crippen LogP contribution in [0.15, 0.2) is 23.2 Å². The van der Waals surface area contributed by atoms with Gasteiger partial charge in [0.1, 0.15) is 5.82 Å². The van der Waals surface area contributed by atoms with Gasteiger partial charge in [-0.2, -0.15) is 0 Å². The van der Waals surface area contributed by atoms with Crippen molar-refractivity contribution in [3.63, 3.8) is 0 Å².